The van der Waals surface area contributed by atoms with Crippen molar-refractivity contribution in [3.63, 3.8) is 0 Å². The molecule has 0 unspecified atom stereocenters. The monoisotopic (exact) mass is 351 g/mol. The number of carbonyl (C=O) groups is 1. The first-order valence-electron chi connectivity index (χ1n) is 9.52. The lowest BCUT2D eigenvalue weighted by atomic mass is 9.90. The van der Waals surface area contributed by atoms with Crippen LogP contribution in [0.1, 0.15) is 42.6 Å². The van der Waals surface area contributed by atoms with Gasteiger partial charge in [-0.2, -0.15) is 0 Å². The molecule has 2 aromatic carbocycles. The Morgan fingerprint density at radius 1 is 1.15 bits per heavy atom. The van der Waals surface area contributed by atoms with Gasteiger partial charge in [0.15, 0.2) is 0 Å². The number of rotatable bonds is 5. The smallest absolute Gasteiger partial charge is 0.253 e. The molecular weight excluding hydrogens is 322 g/mol. The third-order valence-electron chi connectivity index (χ3n) is 5.01. The summed E-state index contributed by atoms with van der Waals surface area (Å²) in [6.45, 7) is 5.78. The lowest BCUT2D eigenvalue weighted by Crippen LogP contribution is -2.39. The second-order valence-electron chi connectivity index (χ2n) is 7.53. The fourth-order valence-electron chi connectivity index (χ4n) is 3.61. The molecule has 138 valence electrons. The summed E-state index contributed by atoms with van der Waals surface area (Å²) in [7, 11) is 0. The van der Waals surface area contributed by atoms with Gasteiger partial charge < -0.3 is 16.0 Å². The summed E-state index contributed by atoms with van der Waals surface area (Å²) < 4.78 is 0. The van der Waals surface area contributed by atoms with Gasteiger partial charge in [-0.1, -0.05) is 30.3 Å². The van der Waals surface area contributed by atoms with E-state index in [2.05, 4.69) is 49.5 Å². The van der Waals surface area contributed by atoms with Gasteiger partial charge in [-0.15, -0.1) is 0 Å². The summed E-state index contributed by atoms with van der Waals surface area (Å²) in [4.78, 5) is 14.8. The predicted molar refractivity (Wildman–Crippen MR) is 108 cm³/mol. The number of amides is 1. The van der Waals surface area contributed by atoms with E-state index in [-0.39, 0.29) is 5.91 Å². The number of hydrogen-bond acceptors (Lipinski definition) is 3. The highest BCUT2D eigenvalue weighted by atomic mass is 16.2. The van der Waals surface area contributed by atoms with E-state index in [4.69, 9.17) is 5.73 Å². The van der Waals surface area contributed by atoms with Gasteiger partial charge in [-0.05, 0) is 62.8 Å². The van der Waals surface area contributed by atoms with Gasteiger partial charge in [0, 0.05) is 24.7 Å². The first-order chi connectivity index (χ1) is 12.5. The quantitative estimate of drug-likeness (QED) is 0.794. The molecule has 0 aromatic heterocycles. The Kier molecular flexibility index (Phi) is 5.82. The molecule has 0 aliphatic carbocycles. The van der Waals surface area contributed by atoms with Crippen LogP contribution in [0.4, 0.5) is 11.4 Å². The van der Waals surface area contributed by atoms with Gasteiger partial charge >= 0.3 is 0 Å². The van der Waals surface area contributed by atoms with Crippen molar-refractivity contribution in [2.45, 2.75) is 39.2 Å². The summed E-state index contributed by atoms with van der Waals surface area (Å²) in [5.74, 6) is 0.745. The zero-order valence-corrected chi connectivity index (χ0v) is 15.7. The lowest BCUT2D eigenvalue weighted by molar-refractivity contribution is 0.0690. The molecule has 1 aliphatic heterocycles. The SMILES string of the molecule is CC(C)Nc1ccc(C(=O)N2CCC(Cc3ccccc3)CC2)cc1N. The molecule has 26 heavy (non-hydrogen) atoms. The van der Waals surface area contributed by atoms with E-state index >= 15 is 0 Å². The van der Waals surface area contributed by atoms with Gasteiger partial charge in [0.2, 0.25) is 0 Å². The molecule has 0 bridgehead atoms. The normalized spacial score (nSPS) is 15.3. The molecule has 0 radical (unpaired) electrons. The Morgan fingerprint density at radius 2 is 1.85 bits per heavy atom. The van der Waals surface area contributed by atoms with Crippen molar-refractivity contribution in [1.82, 2.24) is 4.90 Å². The third kappa shape index (κ3) is 4.57. The second kappa shape index (κ2) is 8.26. The minimum Gasteiger partial charge on any atom is -0.397 e. The topological polar surface area (TPSA) is 58.4 Å². The Labute approximate surface area is 156 Å². The number of likely N-dealkylation sites (tertiary alicyclic amines) is 1. The molecule has 0 spiro atoms. The van der Waals surface area contributed by atoms with Crippen molar-refractivity contribution in [2.75, 3.05) is 24.1 Å². The van der Waals surface area contributed by atoms with Gasteiger partial charge in [-0.25, -0.2) is 0 Å². The average molecular weight is 351 g/mol. The number of carbonyl (C=O) groups excluding carboxylic acids is 1. The van der Waals surface area contributed by atoms with Crippen LogP contribution in [0.2, 0.25) is 0 Å². The maximum Gasteiger partial charge on any atom is 0.253 e. The van der Waals surface area contributed by atoms with Gasteiger partial charge in [0.1, 0.15) is 0 Å². The number of nitrogens with zero attached hydrogens (tertiary/aromatic N) is 1. The Balaban J connectivity index is 1.57. The summed E-state index contributed by atoms with van der Waals surface area (Å²) >= 11 is 0. The van der Waals surface area contributed by atoms with Gasteiger partial charge in [0.25, 0.3) is 5.91 Å². The Hall–Kier alpha value is -2.49. The maximum atomic E-state index is 12.8. The molecule has 2 aromatic rings. The lowest BCUT2D eigenvalue weighted by Gasteiger charge is -2.32. The molecule has 4 heteroatoms. The molecular formula is C22H29N3O. The number of nitrogen functional groups attached to an aromatic ring is 1. The fourth-order valence-corrected chi connectivity index (χ4v) is 3.61. The van der Waals surface area contributed by atoms with Crippen LogP contribution in [0.3, 0.4) is 0 Å². The molecule has 1 heterocycles. The van der Waals surface area contributed by atoms with Crippen LogP contribution in [-0.4, -0.2) is 29.9 Å². The average Bonchev–Trinajstić information content (AvgIpc) is 2.64. The van der Waals surface area contributed by atoms with Crippen LogP contribution in [0, 0.1) is 5.92 Å². The summed E-state index contributed by atoms with van der Waals surface area (Å²) in [5, 5.41) is 3.30. The summed E-state index contributed by atoms with van der Waals surface area (Å²) in [6.07, 6.45) is 3.22. The summed E-state index contributed by atoms with van der Waals surface area (Å²) in [6, 6.07) is 16.5. The van der Waals surface area contributed by atoms with Crippen LogP contribution in [0.5, 0.6) is 0 Å². The van der Waals surface area contributed by atoms with E-state index in [1.807, 2.05) is 17.0 Å². The fraction of sp³-hybridized carbons (Fsp3) is 0.409. The maximum absolute atomic E-state index is 12.8. The van der Waals surface area contributed by atoms with E-state index in [9.17, 15) is 4.79 Å². The molecule has 1 saturated heterocycles. The number of nitrogens with two attached hydrogens (primary N) is 1. The van der Waals surface area contributed by atoms with Crippen molar-refractivity contribution in [3.8, 4) is 0 Å². The minimum absolute atomic E-state index is 0.0889. The van der Waals surface area contributed by atoms with Crippen LogP contribution < -0.4 is 11.1 Å². The van der Waals surface area contributed by atoms with Crippen LogP contribution >= 0.6 is 0 Å². The number of piperidine rings is 1. The van der Waals surface area contributed by atoms with E-state index in [1.165, 1.54) is 5.56 Å². The highest BCUT2D eigenvalue weighted by molar-refractivity contribution is 5.96. The predicted octanol–water partition coefficient (Wildman–Crippen LogP) is 4.18. The van der Waals surface area contributed by atoms with E-state index in [0.29, 0.717) is 23.2 Å². The van der Waals surface area contributed by atoms with Gasteiger partial charge in [-0.3, -0.25) is 4.79 Å². The number of hydrogen-bond donors (Lipinski definition) is 2. The zero-order valence-electron chi connectivity index (χ0n) is 15.7. The molecule has 1 amide bonds. The van der Waals surface area contributed by atoms with Crippen LogP contribution in [-0.2, 0) is 6.42 Å². The highest BCUT2D eigenvalue weighted by Crippen LogP contribution is 2.25. The molecule has 4 nitrogen and oxygen atoms in total. The van der Waals surface area contributed by atoms with E-state index < -0.39 is 0 Å². The molecule has 1 aliphatic rings. The van der Waals surface area contributed by atoms with Crippen LogP contribution in [0.15, 0.2) is 48.5 Å². The van der Waals surface area contributed by atoms with Gasteiger partial charge in [0.05, 0.1) is 11.4 Å². The third-order valence-corrected chi connectivity index (χ3v) is 5.01. The Bertz CT molecular complexity index is 734. The molecule has 1 fully saturated rings. The standard InChI is InChI=1S/C22H29N3O/c1-16(2)24-21-9-8-19(15-20(21)23)22(26)25-12-10-18(11-13-25)14-17-6-4-3-5-7-17/h3-9,15-16,18,24H,10-14,23H2,1-2H3. The zero-order chi connectivity index (χ0) is 18.5. The van der Waals surface area contributed by atoms with Crippen molar-refractivity contribution >= 4 is 17.3 Å². The van der Waals surface area contributed by atoms with E-state index in [0.717, 1.165) is 38.0 Å². The van der Waals surface area contributed by atoms with Crippen molar-refractivity contribution in [1.29, 1.82) is 0 Å². The first-order valence-corrected chi connectivity index (χ1v) is 9.52. The largest absolute Gasteiger partial charge is 0.397 e. The van der Waals surface area contributed by atoms with Crippen LogP contribution in [0.25, 0.3) is 0 Å². The number of benzene rings is 2. The molecule has 3 rings (SSSR count). The van der Waals surface area contributed by atoms with Crippen molar-refractivity contribution in [2.24, 2.45) is 5.92 Å². The van der Waals surface area contributed by atoms with Crippen molar-refractivity contribution in [3.05, 3.63) is 59.7 Å². The number of anilines is 2. The highest BCUT2D eigenvalue weighted by Gasteiger charge is 2.24. The molecule has 0 atom stereocenters. The minimum atomic E-state index is 0.0889. The second-order valence-corrected chi connectivity index (χ2v) is 7.53. The first kappa shape index (κ1) is 18.3. The number of nitrogens with one attached hydrogen (secondary N) is 1. The summed E-state index contributed by atoms with van der Waals surface area (Å²) in [5.41, 5.74) is 9.69. The molecule has 0 saturated carbocycles. The molecule has 3 N–H and O–H groups in total. The Morgan fingerprint density at radius 3 is 2.46 bits per heavy atom. The van der Waals surface area contributed by atoms with E-state index in [1.54, 1.807) is 6.07 Å². The van der Waals surface area contributed by atoms with Crippen molar-refractivity contribution < 1.29 is 4.79 Å².